The normalized spacial score (nSPS) is 11.3. The van der Waals surface area contributed by atoms with E-state index in [-0.39, 0.29) is 5.75 Å². The molecule has 4 nitrogen and oxygen atoms in total. The average molecular weight is 385 g/mol. The minimum atomic E-state index is -3.19. The van der Waals surface area contributed by atoms with Gasteiger partial charge >= 0.3 is 12.4 Å². The van der Waals surface area contributed by atoms with E-state index < -0.39 is 12.4 Å². The van der Waals surface area contributed by atoms with Gasteiger partial charge in [-0.1, -0.05) is 35.3 Å². The van der Waals surface area contributed by atoms with Crippen LogP contribution in [0, 0.1) is 6.92 Å². The fourth-order valence-corrected chi connectivity index (χ4v) is 2.88. The predicted octanol–water partition coefficient (Wildman–Crippen LogP) is 4.87. The maximum Gasteiger partial charge on any atom is 0.379 e. The van der Waals surface area contributed by atoms with E-state index in [0.29, 0.717) is 22.1 Å². The molecule has 3 rings (SSSR count). The van der Waals surface area contributed by atoms with Gasteiger partial charge in [0.1, 0.15) is 5.75 Å². The van der Waals surface area contributed by atoms with Crippen molar-refractivity contribution in [3.8, 4) is 5.75 Å². The smallest absolute Gasteiger partial charge is 0.379 e. The molecule has 2 aromatic carbocycles. The standard InChI is InChI=1S/C17H12Cl2F2N2O2/c1-9-12-6-5-11(25-17(24)16(20)21)7-14(12)23(22-9)8-10-3-2-4-13(18)15(10)19/h2-7,16H,8H2,1H3. The molecular formula is C17H12Cl2F2N2O2. The number of carbonyl (C=O) groups is 1. The van der Waals surface area contributed by atoms with E-state index in [2.05, 4.69) is 9.84 Å². The number of hydrogen-bond donors (Lipinski definition) is 0. The average Bonchev–Trinajstić information content (AvgIpc) is 2.87. The van der Waals surface area contributed by atoms with E-state index in [1.807, 2.05) is 13.0 Å². The Balaban J connectivity index is 2.00. The molecule has 1 aromatic heterocycles. The predicted molar refractivity (Wildman–Crippen MR) is 91.7 cm³/mol. The highest BCUT2D eigenvalue weighted by Crippen LogP contribution is 2.29. The molecule has 0 aliphatic carbocycles. The summed E-state index contributed by atoms with van der Waals surface area (Å²) in [6, 6.07) is 9.89. The SMILES string of the molecule is Cc1nn(Cc2cccc(Cl)c2Cl)c2cc(OC(=O)C(F)F)ccc12. The second-order valence-electron chi connectivity index (χ2n) is 5.36. The van der Waals surface area contributed by atoms with Crippen LogP contribution in [0.5, 0.6) is 5.75 Å². The van der Waals surface area contributed by atoms with Crippen molar-refractivity contribution in [2.75, 3.05) is 0 Å². The van der Waals surface area contributed by atoms with Gasteiger partial charge in [0.05, 0.1) is 27.8 Å². The molecular weight excluding hydrogens is 373 g/mol. The first-order valence-electron chi connectivity index (χ1n) is 7.26. The first kappa shape index (κ1) is 17.6. The summed E-state index contributed by atoms with van der Waals surface area (Å²) in [5.74, 6) is -1.57. The maximum absolute atomic E-state index is 12.4. The molecule has 0 saturated heterocycles. The molecule has 25 heavy (non-hydrogen) atoms. The number of esters is 1. The molecule has 0 bridgehead atoms. The molecule has 0 radical (unpaired) electrons. The third kappa shape index (κ3) is 3.60. The van der Waals surface area contributed by atoms with Gasteiger partial charge < -0.3 is 4.74 Å². The molecule has 1 heterocycles. The van der Waals surface area contributed by atoms with Crippen LogP contribution in [0.2, 0.25) is 10.0 Å². The van der Waals surface area contributed by atoms with Crippen molar-refractivity contribution in [1.29, 1.82) is 0 Å². The first-order chi connectivity index (χ1) is 11.9. The lowest BCUT2D eigenvalue weighted by atomic mass is 10.2. The quantitative estimate of drug-likeness (QED) is 0.476. The second kappa shape index (κ2) is 6.98. The fraction of sp³-hybridized carbons (Fsp3) is 0.176. The maximum atomic E-state index is 12.4. The van der Waals surface area contributed by atoms with Crippen LogP contribution in [0.3, 0.4) is 0 Å². The second-order valence-corrected chi connectivity index (χ2v) is 6.14. The number of fused-ring (bicyclic) bond motifs is 1. The van der Waals surface area contributed by atoms with Crippen LogP contribution >= 0.6 is 23.2 Å². The Kier molecular flexibility index (Phi) is 4.92. The van der Waals surface area contributed by atoms with Crippen LogP contribution in [0.15, 0.2) is 36.4 Å². The minimum absolute atomic E-state index is 0.0242. The first-order valence-corrected chi connectivity index (χ1v) is 8.02. The Morgan fingerprint density at radius 1 is 1.28 bits per heavy atom. The molecule has 3 aromatic rings. The molecule has 0 spiro atoms. The molecule has 130 valence electrons. The van der Waals surface area contributed by atoms with Crippen LogP contribution < -0.4 is 4.74 Å². The Morgan fingerprint density at radius 2 is 2.04 bits per heavy atom. The summed E-state index contributed by atoms with van der Waals surface area (Å²) in [5, 5.41) is 6.10. The van der Waals surface area contributed by atoms with Crippen molar-refractivity contribution in [2.24, 2.45) is 0 Å². The number of hydrogen-bond acceptors (Lipinski definition) is 3. The topological polar surface area (TPSA) is 44.1 Å². The zero-order valence-corrected chi connectivity index (χ0v) is 14.5. The van der Waals surface area contributed by atoms with Crippen molar-refractivity contribution in [2.45, 2.75) is 19.9 Å². The number of benzene rings is 2. The van der Waals surface area contributed by atoms with Crippen molar-refractivity contribution in [3.63, 3.8) is 0 Å². The number of aromatic nitrogens is 2. The number of halogens is 4. The van der Waals surface area contributed by atoms with Gasteiger partial charge in [-0.3, -0.25) is 4.68 Å². The molecule has 0 unspecified atom stereocenters. The molecule has 8 heteroatoms. The van der Waals surface area contributed by atoms with Gasteiger partial charge in [-0.05, 0) is 30.7 Å². The third-order valence-corrected chi connectivity index (χ3v) is 4.51. The Hall–Kier alpha value is -2.18. The monoisotopic (exact) mass is 384 g/mol. The minimum Gasteiger partial charge on any atom is -0.422 e. The summed E-state index contributed by atoms with van der Waals surface area (Å²) in [6.07, 6.45) is -3.19. The highest BCUT2D eigenvalue weighted by molar-refractivity contribution is 6.42. The van der Waals surface area contributed by atoms with E-state index in [4.69, 9.17) is 23.2 Å². The Morgan fingerprint density at radius 3 is 2.76 bits per heavy atom. The van der Waals surface area contributed by atoms with E-state index in [1.165, 1.54) is 12.1 Å². The van der Waals surface area contributed by atoms with Crippen LogP contribution in [0.4, 0.5) is 8.78 Å². The Labute approximate surface area is 151 Å². The third-order valence-electron chi connectivity index (χ3n) is 3.66. The number of alkyl halides is 2. The van der Waals surface area contributed by atoms with E-state index in [9.17, 15) is 13.6 Å². The van der Waals surface area contributed by atoms with Gasteiger partial charge in [0.2, 0.25) is 0 Å². The van der Waals surface area contributed by atoms with Gasteiger partial charge in [0.25, 0.3) is 0 Å². The van der Waals surface area contributed by atoms with Gasteiger partial charge in [-0.2, -0.15) is 13.9 Å². The summed E-state index contributed by atoms with van der Waals surface area (Å²) < 4.78 is 31.0. The summed E-state index contributed by atoms with van der Waals surface area (Å²) in [5.41, 5.74) is 2.14. The van der Waals surface area contributed by atoms with E-state index in [0.717, 1.165) is 16.6 Å². The van der Waals surface area contributed by atoms with E-state index in [1.54, 1.807) is 22.9 Å². The van der Waals surface area contributed by atoms with Gasteiger partial charge in [0, 0.05) is 11.5 Å². The van der Waals surface area contributed by atoms with Gasteiger partial charge in [0.15, 0.2) is 0 Å². The van der Waals surface area contributed by atoms with Crippen LogP contribution in [-0.4, -0.2) is 22.2 Å². The van der Waals surface area contributed by atoms with Crippen molar-refractivity contribution in [3.05, 3.63) is 57.7 Å². The van der Waals surface area contributed by atoms with Gasteiger partial charge in [-0.25, -0.2) is 4.79 Å². The number of rotatable bonds is 4. The lowest BCUT2D eigenvalue weighted by Crippen LogP contribution is -2.17. The molecule has 0 aliphatic heterocycles. The van der Waals surface area contributed by atoms with Crippen LogP contribution in [-0.2, 0) is 11.3 Å². The summed E-state index contributed by atoms with van der Waals surface area (Å²) in [7, 11) is 0. The molecule has 0 amide bonds. The lowest BCUT2D eigenvalue weighted by Gasteiger charge is -2.08. The van der Waals surface area contributed by atoms with Gasteiger partial charge in [-0.15, -0.1) is 0 Å². The number of aryl methyl sites for hydroxylation is 1. The highest BCUT2D eigenvalue weighted by Gasteiger charge is 2.19. The summed E-state index contributed by atoms with van der Waals surface area (Å²) >= 11 is 12.2. The van der Waals surface area contributed by atoms with Crippen LogP contribution in [0.1, 0.15) is 11.3 Å². The zero-order valence-electron chi connectivity index (χ0n) is 13.0. The summed E-state index contributed by atoms with van der Waals surface area (Å²) in [4.78, 5) is 11.1. The van der Waals surface area contributed by atoms with Crippen molar-refractivity contribution < 1.29 is 18.3 Å². The lowest BCUT2D eigenvalue weighted by molar-refractivity contribution is -0.146. The number of carbonyl (C=O) groups excluding carboxylic acids is 1. The Bertz CT molecular complexity index is 957. The largest absolute Gasteiger partial charge is 0.422 e. The molecule has 0 saturated carbocycles. The molecule has 0 N–H and O–H groups in total. The van der Waals surface area contributed by atoms with Crippen LogP contribution in [0.25, 0.3) is 10.9 Å². The molecule has 0 aliphatic rings. The fourth-order valence-electron chi connectivity index (χ4n) is 2.50. The van der Waals surface area contributed by atoms with Crippen molar-refractivity contribution in [1.82, 2.24) is 9.78 Å². The number of ether oxygens (including phenoxy) is 1. The highest BCUT2D eigenvalue weighted by atomic mass is 35.5. The molecule has 0 atom stereocenters. The molecule has 0 fully saturated rings. The summed E-state index contributed by atoms with van der Waals surface area (Å²) in [6.45, 7) is 2.15. The zero-order chi connectivity index (χ0) is 18.1. The van der Waals surface area contributed by atoms with Crippen molar-refractivity contribution >= 4 is 40.1 Å². The van der Waals surface area contributed by atoms with E-state index >= 15 is 0 Å². The number of nitrogens with zero attached hydrogens (tertiary/aromatic N) is 2.